The molecule has 4 rings (SSSR count). The fourth-order valence-electron chi connectivity index (χ4n) is 2.88. The number of fused-ring (bicyclic) bond motifs is 1. The minimum Gasteiger partial charge on any atom is -0.348 e. The molecule has 1 aliphatic rings. The Labute approximate surface area is 152 Å². The molecule has 27 heavy (non-hydrogen) atoms. The van der Waals surface area contributed by atoms with Gasteiger partial charge in [-0.2, -0.15) is 13.2 Å². The van der Waals surface area contributed by atoms with Gasteiger partial charge in [-0.05, 0) is 53.1 Å². The smallest absolute Gasteiger partial charge is 0.348 e. The number of aromatic nitrogens is 2. The van der Waals surface area contributed by atoms with Crippen molar-refractivity contribution >= 4 is 17.5 Å². The van der Waals surface area contributed by atoms with E-state index >= 15 is 0 Å². The zero-order valence-corrected chi connectivity index (χ0v) is 13.8. The van der Waals surface area contributed by atoms with Crippen LogP contribution < -0.4 is 10.6 Å². The number of amides is 1. The zero-order chi connectivity index (χ0) is 19.0. The second kappa shape index (κ2) is 6.39. The summed E-state index contributed by atoms with van der Waals surface area (Å²) in [5.74, 6) is 0.330. The van der Waals surface area contributed by atoms with Gasteiger partial charge in [0.25, 0.3) is 5.91 Å². The van der Waals surface area contributed by atoms with Gasteiger partial charge in [0.05, 0.1) is 0 Å². The first-order valence-electron chi connectivity index (χ1n) is 8.09. The largest absolute Gasteiger partial charge is 0.433 e. The van der Waals surface area contributed by atoms with Gasteiger partial charge in [0, 0.05) is 18.3 Å². The summed E-state index contributed by atoms with van der Waals surface area (Å²) in [6.45, 7) is 0.479. The number of pyridine rings is 2. The third-order valence-electron chi connectivity index (χ3n) is 4.18. The number of hydrogen-bond acceptors (Lipinski definition) is 4. The summed E-state index contributed by atoms with van der Waals surface area (Å²) in [5, 5.41) is 5.56. The summed E-state index contributed by atoms with van der Waals surface area (Å²) >= 11 is 0. The maximum atomic E-state index is 12.8. The highest BCUT2D eigenvalue weighted by Gasteiger charge is 2.32. The van der Waals surface area contributed by atoms with Gasteiger partial charge in [-0.15, -0.1) is 0 Å². The standard InChI is InChI=1S/C19H13F3N4O/c20-19(21,22)15-2-1-3-16(25-15)26-17-9-12(6-7-23-17)11-4-5-14-13(8-11)10-24-18(14)27/h1-9H,10H2,(H,24,27)(H,23,25,26). The number of rotatable bonds is 3. The zero-order valence-electron chi connectivity index (χ0n) is 13.8. The van der Waals surface area contributed by atoms with Gasteiger partial charge in [-0.1, -0.05) is 12.1 Å². The lowest BCUT2D eigenvalue weighted by atomic mass is 10.0. The number of carbonyl (C=O) groups excluding carboxylic acids is 1. The topological polar surface area (TPSA) is 66.9 Å². The van der Waals surface area contributed by atoms with Crippen LogP contribution in [0.4, 0.5) is 24.8 Å². The fraction of sp³-hybridized carbons (Fsp3) is 0.105. The SMILES string of the molecule is O=C1NCc2cc(-c3ccnc(Nc4cccc(C(F)(F)F)n4)c3)ccc21. The normalized spacial score (nSPS) is 13.2. The van der Waals surface area contributed by atoms with E-state index in [1.54, 1.807) is 24.4 Å². The van der Waals surface area contributed by atoms with E-state index in [-0.39, 0.29) is 11.7 Å². The van der Waals surface area contributed by atoms with Crippen molar-refractivity contribution in [3.05, 3.63) is 71.5 Å². The third-order valence-corrected chi connectivity index (χ3v) is 4.18. The van der Waals surface area contributed by atoms with Crippen LogP contribution >= 0.6 is 0 Å². The Hall–Kier alpha value is -3.42. The van der Waals surface area contributed by atoms with E-state index in [4.69, 9.17) is 0 Å². The van der Waals surface area contributed by atoms with E-state index in [2.05, 4.69) is 20.6 Å². The summed E-state index contributed by atoms with van der Waals surface area (Å²) in [4.78, 5) is 19.4. The molecule has 3 aromatic rings. The van der Waals surface area contributed by atoms with Crippen LogP contribution in [0.3, 0.4) is 0 Å². The molecule has 0 aliphatic carbocycles. The van der Waals surface area contributed by atoms with Crippen molar-refractivity contribution in [1.29, 1.82) is 0 Å². The number of nitrogens with one attached hydrogen (secondary N) is 2. The van der Waals surface area contributed by atoms with Crippen molar-refractivity contribution in [3.8, 4) is 11.1 Å². The predicted octanol–water partition coefficient (Wildman–Crippen LogP) is 4.15. The fourth-order valence-corrected chi connectivity index (χ4v) is 2.88. The van der Waals surface area contributed by atoms with E-state index in [0.717, 1.165) is 22.8 Å². The molecule has 3 heterocycles. The average Bonchev–Trinajstić information content (AvgIpc) is 3.02. The highest BCUT2D eigenvalue weighted by atomic mass is 19.4. The number of halogens is 3. The van der Waals surface area contributed by atoms with E-state index < -0.39 is 11.9 Å². The first-order chi connectivity index (χ1) is 12.9. The molecule has 0 fully saturated rings. The lowest BCUT2D eigenvalue weighted by Gasteiger charge is -2.10. The Bertz CT molecular complexity index is 1030. The molecule has 0 bridgehead atoms. The summed E-state index contributed by atoms with van der Waals surface area (Å²) < 4.78 is 38.4. The van der Waals surface area contributed by atoms with Crippen LogP contribution in [0.2, 0.25) is 0 Å². The molecule has 1 amide bonds. The Kier molecular flexibility index (Phi) is 4.02. The molecule has 0 spiro atoms. The summed E-state index contributed by atoms with van der Waals surface area (Å²) in [7, 11) is 0. The van der Waals surface area contributed by atoms with Crippen LogP contribution in [0.1, 0.15) is 21.6 Å². The third kappa shape index (κ3) is 3.46. The van der Waals surface area contributed by atoms with Gasteiger partial charge in [0.15, 0.2) is 0 Å². The van der Waals surface area contributed by atoms with Crippen molar-refractivity contribution in [2.75, 3.05) is 5.32 Å². The van der Waals surface area contributed by atoms with E-state index in [1.807, 2.05) is 12.1 Å². The Balaban J connectivity index is 1.61. The number of carbonyl (C=O) groups is 1. The number of alkyl halides is 3. The maximum absolute atomic E-state index is 12.8. The molecule has 2 N–H and O–H groups in total. The number of anilines is 2. The van der Waals surface area contributed by atoms with Crippen LogP contribution in [0.5, 0.6) is 0 Å². The summed E-state index contributed by atoms with van der Waals surface area (Å²) in [6, 6.07) is 12.6. The molecule has 1 aliphatic heterocycles. The summed E-state index contributed by atoms with van der Waals surface area (Å²) in [5.41, 5.74) is 2.29. The van der Waals surface area contributed by atoms with Crippen molar-refractivity contribution in [2.24, 2.45) is 0 Å². The molecular weight excluding hydrogens is 357 g/mol. The first-order valence-corrected chi connectivity index (χ1v) is 8.09. The second-order valence-corrected chi connectivity index (χ2v) is 6.02. The lowest BCUT2D eigenvalue weighted by Crippen LogP contribution is -2.12. The van der Waals surface area contributed by atoms with Crippen LogP contribution in [0.25, 0.3) is 11.1 Å². The van der Waals surface area contributed by atoms with Crippen molar-refractivity contribution in [3.63, 3.8) is 0 Å². The Morgan fingerprint density at radius 2 is 1.81 bits per heavy atom. The van der Waals surface area contributed by atoms with Crippen LogP contribution in [0.15, 0.2) is 54.7 Å². The first kappa shape index (κ1) is 17.0. The number of hydrogen-bond donors (Lipinski definition) is 2. The molecule has 1 aromatic carbocycles. The lowest BCUT2D eigenvalue weighted by molar-refractivity contribution is -0.141. The van der Waals surface area contributed by atoms with Crippen molar-refractivity contribution in [1.82, 2.24) is 15.3 Å². The van der Waals surface area contributed by atoms with Crippen LogP contribution in [-0.2, 0) is 12.7 Å². The Morgan fingerprint density at radius 3 is 2.63 bits per heavy atom. The van der Waals surface area contributed by atoms with Crippen molar-refractivity contribution < 1.29 is 18.0 Å². The molecule has 0 saturated heterocycles. The van der Waals surface area contributed by atoms with Gasteiger partial charge in [-0.3, -0.25) is 4.79 Å². The maximum Gasteiger partial charge on any atom is 0.433 e. The Morgan fingerprint density at radius 1 is 1.00 bits per heavy atom. The van der Waals surface area contributed by atoms with Gasteiger partial charge in [-0.25, -0.2) is 9.97 Å². The predicted molar refractivity (Wildman–Crippen MR) is 93.4 cm³/mol. The quantitative estimate of drug-likeness (QED) is 0.727. The molecule has 0 radical (unpaired) electrons. The molecular formula is C19H13F3N4O. The van der Waals surface area contributed by atoms with Gasteiger partial charge in [0.2, 0.25) is 0 Å². The molecule has 136 valence electrons. The molecule has 0 atom stereocenters. The number of nitrogens with zero attached hydrogens (tertiary/aromatic N) is 2. The van der Waals surface area contributed by atoms with Gasteiger partial charge < -0.3 is 10.6 Å². The summed E-state index contributed by atoms with van der Waals surface area (Å²) in [6.07, 6.45) is -2.95. The minimum absolute atomic E-state index is 0.0539. The average molecular weight is 370 g/mol. The molecule has 0 unspecified atom stereocenters. The molecule has 5 nitrogen and oxygen atoms in total. The highest BCUT2D eigenvalue weighted by Crippen LogP contribution is 2.29. The minimum atomic E-state index is -4.51. The number of benzene rings is 1. The van der Waals surface area contributed by atoms with E-state index in [0.29, 0.717) is 17.9 Å². The highest BCUT2D eigenvalue weighted by molar-refractivity contribution is 5.98. The van der Waals surface area contributed by atoms with Gasteiger partial charge >= 0.3 is 6.18 Å². The monoisotopic (exact) mass is 370 g/mol. The second-order valence-electron chi connectivity index (χ2n) is 6.02. The van der Waals surface area contributed by atoms with Gasteiger partial charge in [0.1, 0.15) is 17.3 Å². The van der Waals surface area contributed by atoms with E-state index in [9.17, 15) is 18.0 Å². The molecule has 2 aromatic heterocycles. The molecule has 8 heteroatoms. The van der Waals surface area contributed by atoms with Crippen molar-refractivity contribution in [2.45, 2.75) is 12.7 Å². The molecule has 0 saturated carbocycles. The van der Waals surface area contributed by atoms with Crippen LogP contribution in [-0.4, -0.2) is 15.9 Å². The van der Waals surface area contributed by atoms with Crippen LogP contribution in [0, 0.1) is 0 Å². The van der Waals surface area contributed by atoms with E-state index in [1.165, 1.54) is 12.1 Å².